The van der Waals surface area contributed by atoms with E-state index in [9.17, 15) is 0 Å². The van der Waals surface area contributed by atoms with Gasteiger partial charge in [0, 0.05) is 18.3 Å². The lowest BCUT2D eigenvalue weighted by Gasteiger charge is -2.11. The van der Waals surface area contributed by atoms with E-state index >= 15 is 0 Å². The van der Waals surface area contributed by atoms with E-state index in [4.69, 9.17) is 10.1 Å². The van der Waals surface area contributed by atoms with Crippen LogP contribution in [-0.4, -0.2) is 16.6 Å². The number of ether oxygens (including phenoxy) is 1. The van der Waals surface area contributed by atoms with Crippen LogP contribution in [0.1, 0.15) is 19.5 Å². The maximum Gasteiger partial charge on any atom is 0.186 e. The summed E-state index contributed by atoms with van der Waals surface area (Å²) in [5.41, 5.74) is 2.30. The van der Waals surface area contributed by atoms with Gasteiger partial charge in [0.1, 0.15) is 0 Å². The molecule has 0 saturated heterocycles. The lowest BCUT2D eigenvalue weighted by molar-refractivity contribution is 0.220. The zero-order valence-electron chi connectivity index (χ0n) is 10.5. The van der Waals surface area contributed by atoms with E-state index in [1.165, 1.54) is 10.9 Å². The maximum absolute atomic E-state index is 7.79. The van der Waals surface area contributed by atoms with Crippen molar-refractivity contribution in [1.82, 2.24) is 4.57 Å². The summed E-state index contributed by atoms with van der Waals surface area (Å²) in [6.07, 6.45) is 0.612. The average molecular weight is 230 g/mol. The van der Waals surface area contributed by atoms with E-state index < -0.39 is 0 Å². The topological polar surface area (TPSA) is 38.0 Å². The SMILES string of the molecule is CC(C)OC(=N)Cc1cc2ccccc2n1C. The molecule has 0 unspecified atom stereocenters. The smallest absolute Gasteiger partial charge is 0.186 e. The van der Waals surface area contributed by atoms with Gasteiger partial charge in [-0.3, -0.25) is 5.41 Å². The third-order valence-electron chi connectivity index (χ3n) is 2.77. The van der Waals surface area contributed by atoms with E-state index in [1.807, 2.05) is 33.0 Å². The van der Waals surface area contributed by atoms with Crippen molar-refractivity contribution >= 4 is 16.8 Å². The van der Waals surface area contributed by atoms with Crippen LogP contribution in [0, 0.1) is 5.41 Å². The first-order valence-corrected chi connectivity index (χ1v) is 5.85. The second-order valence-corrected chi connectivity index (χ2v) is 4.52. The molecule has 0 atom stereocenters. The van der Waals surface area contributed by atoms with Crippen LogP contribution < -0.4 is 0 Å². The van der Waals surface area contributed by atoms with Gasteiger partial charge in [0.15, 0.2) is 5.90 Å². The summed E-state index contributed by atoms with van der Waals surface area (Å²) < 4.78 is 7.49. The summed E-state index contributed by atoms with van der Waals surface area (Å²) in [4.78, 5) is 0. The van der Waals surface area contributed by atoms with Gasteiger partial charge in [-0.15, -0.1) is 0 Å². The third-order valence-corrected chi connectivity index (χ3v) is 2.77. The van der Waals surface area contributed by atoms with Crippen LogP contribution in [0.3, 0.4) is 0 Å². The van der Waals surface area contributed by atoms with Gasteiger partial charge < -0.3 is 9.30 Å². The molecule has 90 valence electrons. The first-order valence-electron chi connectivity index (χ1n) is 5.85. The molecule has 0 amide bonds. The molecule has 3 nitrogen and oxygen atoms in total. The van der Waals surface area contributed by atoms with Gasteiger partial charge in [-0.1, -0.05) is 18.2 Å². The predicted molar refractivity (Wildman–Crippen MR) is 70.6 cm³/mol. The number of aryl methyl sites for hydroxylation is 1. The van der Waals surface area contributed by atoms with Crippen molar-refractivity contribution < 1.29 is 4.74 Å². The van der Waals surface area contributed by atoms with Crippen LogP contribution in [0.25, 0.3) is 10.9 Å². The van der Waals surface area contributed by atoms with E-state index in [1.54, 1.807) is 0 Å². The molecule has 0 saturated carbocycles. The van der Waals surface area contributed by atoms with E-state index in [0.717, 1.165) is 5.69 Å². The number of nitrogens with one attached hydrogen (secondary N) is 1. The van der Waals surface area contributed by atoms with Gasteiger partial charge in [-0.2, -0.15) is 0 Å². The number of aromatic nitrogens is 1. The molecular weight excluding hydrogens is 212 g/mol. The largest absolute Gasteiger partial charge is 0.478 e. The Morgan fingerprint density at radius 2 is 2.06 bits per heavy atom. The van der Waals surface area contributed by atoms with Crippen molar-refractivity contribution in [2.75, 3.05) is 0 Å². The van der Waals surface area contributed by atoms with Gasteiger partial charge in [0.25, 0.3) is 0 Å². The number of hydrogen-bond acceptors (Lipinski definition) is 2. The highest BCUT2D eigenvalue weighted by Crippen LogP contribution is 2.18. The summed E-state index contributed by atoms with van der Waals surface area (Å²) >= 11 is 0. The second kappa shape index (κ2) is 4.62. The molecule has 0 bridgehead atoms. The summed E-state index contributed by atoms with van der Waals surface area (Å²) in [7, 11) is 2.03. The number of para-hydroxylation sites is 1. The fraction of sp³-hybridized carbons (Fsp3) is 0.357. The van der Waals surface area contributed by atoms with Gasteiger partial charge in [-0.05, 0) is 31.4 Å². The molecule has 0 aliphatic heterocycles. The van der Waals surface area contributed by atoms with Crippen molar-refractivity contribution in [2.24, 2.45) is 7.05 Å². The number of benzene rings is 1. The van der Waals surface area contributed by atoms with Gasteiger partial charge >= 0.3 is 0 Å². The Morgan fingerprint density at radius 3 is 2.71 bits per heavy atom. The number of hydrogen-bond donors (Lipinski definition) is 1. The fourth-order valence-electron chi connectivity index (χ4n) is 2.01. The minimum absolute atomic E-state index is 0.0668. The Balaban J connectivity index is 2.24. The van der Waals surface area contributed by atoms with E-state index in [2.05, 4.69) is 22.8 Å². The van der Waals surface area contributed by atoms with Crippen LogP contribution in [0.5, 0.6) is 0 Å². The molecule has 1 aromatic carbocycles. The lowest BCUT2D eigenvalue weighted by atomic mass is 10.2. The second-order valence-electron chi connectivity index (χ2n) is 4.52. The van der Waals surface area contributed by atoms with E-state index in [-0.39, 0.29) is 6.10 Å². The van der Waals surface area contributed by atoms with Crippen molar-refractivity contribution in [3.8, 4) is 0 Å². The van der Waals surface area contributed by atoms with Gasteiger partial charge in [0.05, 0.1) is 12.5 Å². The van der Waals surface area contributed by atoms with Crippen molar-refractivity contribution in [2.45, 2.75) is 26.4 Å². The molecular formula is C14H18N2O. The summed E-state index contributed by atoms with van der Waals surface area (Å²) in [5, 5.41) is 9.00. The molecule has 2 rings (SSSR count). The molecule has 2 aromatic rings. The first-order chi connectivity index (χ1) is 8.08. The Bertz CT molecular complexity index is 540. The van der Waals surface area contributed by atoms with Crippen LogP contribution >= 0.6 is 0 Å². The van der Waals surface area contributed by atoms with Crippen LogP contribution in [-0.2, 0) is 18.2 Å². The highest BCUT2D eigenvalue weighted by molar-refractivity contribution is 5.83. The van der Waals surface area contributed by atoms with Crippen LogP contribution in [0.15, 0.2) is 30.3 Å². The maximum atomic E-state index is 7.79. The lowest BCUT2D eigenvalue weighted by Crippen LogP contribution is -2.14. The molecule has 1 aromatic heterocycles. The molecule has 17 heavy (non-hydrogen) atoms. The zero-order valence-corrected chi connectivity index (χ0v) is 10.5. The normalized spacial score (nSPS) is 11.1. The minimum Gasteiger partial charge on any atom is -0.478 e. The minimum atomic E-state index is 0.0668. The zero-order chi connectivity index (χ0) is 12.4. The monoisotopic (exact) mass is 230 g/mol. The fourth-order valence-corrected chi connectivity index (χ4v) is 2.01. The predicted octanol–water partition coefficient (Wildman–Crippen LogP) is 3.12. The highest BCUT2D eigenvalue weighted by atomic mass is 16.5. The molecule has 1 N–H and O–H groups in total. The molecule has 0 spiro atoms. The Labute approximate surface area is 102 Å². The Kier molecular flexibility index (Phi) is 3.18. The van der Waals surface area contributed by atoms with Crippen molar-refractivity contribution in [1.29, 1.82) is 5.41 Å². The highest BCUT2D eigenvalue weighted by Gasteiger charge is 2.09. The first kappa shape index (κ1) is 11.7. The summed E-state index contributed by atoms with van der Waals surface area (Å²) in [5.74, 6) is 0.325. The summed E-state index contributed by atoms with van der Waals surface area (Å²) in [6, 6.07) is 10.4. The molecule has 0 aliphatic carbocycles. The quantitative estimate of drug-likeness (QED) is 0.638. The molecule has 0 aliphatic rings. The molecule has 0 radical (unpaired) electrons. The van der Waals surface area contributed by atoms with E-state index in [0.29, 0.717) is 12.3 Å². The number of rotatable bonds is 3. The number of nitrogens with zero attached hydrogens (tertiary/aromatic N) is 1. The molecule has 0 fully saturated rings. The van der Waals surface area contributed by atoms with Crippen LogP contribution in [0.2, 0.25) is 0 Å². The third kappa shape index (κ3) is 2.49. The average Bonchev–Trinajstić information content (AvgIpc) is 2.55. The molecule has 3 heteroatoms. The van der Waals surface area contributed by atoms with Gasteiger partial charge in [-0.25, -0.2) is 0 Å². The summed E-state index contributed by atoms with van der Waals surface area (Å²) in [6.45, 7) is 3.88. The Hall–Kier alpha value is -1.77. The Morgan fingerprint density at radius 1 is 1.35 bits per heavy atom. The van der Waals surface area contributed by atoms with Gasteiger partial charge in [0.2, 0.25) is 0 Å². The standard InChI is InChI=1S/C14H18N2O/c1-10(2)17-14(15)9-12-8-11-6-4-5-7-13(11)16(12)3/h4-8,10,15H,9H2,1-3H3. The van der Waals surface area contributed by atoms with Crippen molar-refractivity contribution in [3.05, 3.63) is 36.0 Å². The molecule has 1 heterocycles. The number of fused-ring (bicyclic) bond motifs is 1. The van der Waals surface area contributed by atoms with Crippen LogP contribution in [0.4, 0.5) is 0 Å². The van der Waals surface area contributed by atoms with Crippen molar-refractivity contribution in [3.63, 3.8) is 0 Å².